The second kappa shape index (κ2) is 10.7. The molecule has 0 aromatic heterocycles. The van der Waals surface area contributed by atoms with Crippen molar-refractivity contribution in [2.45, 2.75) is 24.7 Å². The quantitative estimate of drug-likeness (QED) is 0.386. The van der Waals surface area contributed by atoms with Crippen molar-refractivity contribution < 1.29 is 37.7 Å². The van der Waals surface area contributed by atoms with E-state index in [1.807, 2.05) is 0 Å². The molecule has 1 fully saturated rings. The van der Waals surface area contributed by atoms with E-state index in [1.165, 1.54) is 24.3 Å². The summed E-state index contributed by atoms with van der Waals surface area (Å²) in [6.07, 6.45) is -6.19. The van der Waals surface area contributed by atoms with E-state index in [1.54, 1.807) is 66.7 Å². The fourth-order valence-electron chi connectivity index (χ4n) is 3.43. The maximum atomic E-state index is 14.8. The average molecular weight is 464 g/mol. The van der Waals surface area contributed by atoms with Crippen molar-refractivity contribution in [2.75, 3.05) is 6.61 Å². The van der Waals surface area contributed by atoms with Gasteiger partial charge in [0.05, 0.1) is 16.7 Å². The van der Waals surface area contributed by atoms with Crippen LogP contribution in [0.2, 0.25) is 0 Å². The van der Waals surface area contributed by atoms with Gasteiger partial charge in [0.1, 0.15) is 12.7 Å². The molecular weight excluding hydrogens is 443 g/mol. The molecule has 3 aromatic carbocycles. The van der Waals surface area contributed by atoms with Crippen LogP contribution in [0.15, 0.2) is 91.0 Å². The van der Waals surface area contributed by atoms with Crippen molar-refractivity contribution in [3.8, 4) is 0 Å². The normalized spacial score (nSPS) is 21.4. The third-order valence-electron chi connectivity index (χ3n) is 5.15. The van der Waals surface area contributed by atoms with Gasteiger partial charge >= 0.3 is 17.9 Å². The molecule has 8 heteroatoms. The van der Waals surface area contributed by atoms with Crippen LogP contribution in [0.4, 0.5) is 4.39 Å². The van der Waals surface area contributed by atoms with Crippen LogP contribution in [-0.2, 0) is 18.9 Å². The van der Waals surface area contributed by atoms with Crippen molar-refractivity contribution in [3.63, 3.8) is 0 Å². The van der Waals surface area contributed by atoms with E-state index in [9.17, 15) is 18.8 Å². The number of benzene rings is 3. The molecule has 1 aliphatic rings. The number of hydrogen-bond acceptors (Lipinski definition) is 7. The Morgan fingerprint density at radius 1 is 0.647 bits per heavy atom. The summed E-state index contributed by atoms with van der Waals surface area (Å²) in [6.45, 7) is -0.416. The fourth-order valence-corrected chi connectivity index (χ4v) is 3.43. The summed E-state index contributed by atoms with van der Waals surface area (Å²) in [5.74, 6) is -2.22. The van der Waals surface area contributed by atoms with Crippen LogP contribution in [0, 0.1) is 0 Å². The zero-order chi connectivity index (χ0) is 23.9. The largest absolute Gasteiger partial charge is 0.459 e. The van der Waals surface area contributed by atoms with E-state index in [4.69, 9.17) is 18.9 Å². The fraction of sp³-hybridized carbons (Fsp3) is 0.192. The number of halogens is 1. The highest BCUT2D eigenvalue weighted by Crippen LogP contribution is 2.30. The molecule has 0 bridgehead atoms. The minimum Gasteiger partial charge on any atom is -0.459 e. The molecule has 34 heavy (non-hydrogen) atoms. The molecule has 0 unspecified atom stereocenters. The van der Waals surface area contributed by atoms with E-state index in [2.05, 4.69) is 0 Å². The molecule has 1 heterocycles. The third kappa shape index (κ3) is 5.47. The zero-order valence-electron chi connectivity index (χ0n) is 17.9. The molecule has 4 atom stereocenters. The standard InChI is InChI=1S/C26H21FO7/c27-23-22(34-26(30)19-14-8-3-9-15-19)21(33-25(29)18-12-6-2-7-13-18)20(32-23)16-31-24(28)17-10-4-1-5-11-17/h1-15,20-23H,16H2/t20-,21+,22+,23-/m1/s1. The Hall–Kier alpha value is -4.04. The van der Waals surface area contributed by atoms with Crippen molar-refractivity contribution in [3.05, 3.63) is 108 Å². The molecule has 0 N–H and O–H groups in total. The van der Waals surface area contributed by atoms with E-state index in [-0.39, 0.29) is 11.1 Å². The minimum atomic E-state index is -2.10. The van der Waals surface area contributed by atoms with Gasteiger partial charge in [-0.15, -0.1) is 0 Å². The number of rotatable bonds is 7. The molecule has 0 saturated carbocycles. The lowest BCUT2D eigenvalue weighted by atomic mass is 10.1. The van der Waals surface area contributed by atoms with Gasteiger partial charge in [0.2, 0.25) is 6.36 Å². The van der Waals surface area contributed by atoms with Crippen molar-refractivity contribution >= 4 is 17.9 Å². The summed E-state index contributed by atoms with van der Waals surface area (Å²) in [7, 11) is 0. The van der Waals surface area contributed by atoms with Crippen LogP contribution in [0.1, 0.15) is 31.1 Å². The lowest BCUT2D eigenvalue weighted by Gasteiger charge is -2.23. The maximum Gasteiger partial charge on any atom is 0.338 e. The first-order chi connectivity index (χ1) is 16.5. The highest BCUT2D eigenvalue weighted by Gasteiger charge is 2.51. The van der Waals surface area contributed by atoms with E-state index >= 15 is 0 Å². The van der Waals surface area contributed by atoms with Crippen molar-refractivity contribution in [1.82, 2.24) is 0 Å². The SMILES string of the molecule is O=C(OC[C@H]1O[C@@H](F)[C@@H](OC(=O)c2ccccc2)[C@H]1OC(=O)c1ccccc1)c1ccccc1. The maximum absolute atomic E-state index is 14.8. The molecule has 1 aliphatic heterocycles. The minimum absolute atomic E-state index is 0.196. The third-order valence-corrected chi connectivity index (χ3v) is 5.15. The van der Waals surface area contributed by atoms with Gasteiger partial charge < -0.3 is 18.9 Å². The van der Waals surface area contributed by atoms with Gasteiger partial charge in [-0.1, -0.05) is 54.6 Å². The summed E-state index contributed by atoms with van der Waals surface area (Å²) in [4.78, 5) is 37.5. The molecule has 7 nitrogen and oxygen atoms in total. The van der Waals surface area contributed by atoms with Gasteiger partial charge in [-0.25, -0.2) is 18.8 Å². The van der Waals surface area contributed by atoms with Crippen LogP contribution >= 0.6 is 0 Å². The van der Waals surface area contributed by atoms with Gasteiger partial charge in [-0.05, 0) is 36.4 Å². The molecule has 0 amide bonds. The number of carbonyl (C=O) groups is 3. The first kappa shape index (κ1) is 23.1. The molecule has 3 aromatic rings. The Bertz CT molecular complexity index is 1120. The molecule has 174 valence electrons. The molecule has 0 radical (unpaired) electrons. The number of hydrogen-bond donors (Lipinski definition) is 0. The molecule has 0 aliphatic carbocycles. The van der Waals surface area contributed by atoms with Gasteiger partial charge in [0.15, 0.2) is 12.2 Å². The van der Waals surface area contributed by atoms with Gasteiger partial charge in [-0.2, -0.15) is 0 Å². The first-order valence-electron chi connectivity index (χ1n) is 10.6. The lowest BCUT2D eigenvalue weighted by molar-refractivity contribution is -0.0884. The smallest absolute Gasteiger partial charge is 0.338 e. The number of carbonyl (C=O) groups excluding carboxylic acids is 3. The number of ether oxygens (including phenoxy) is 4. The average Bonchev–Trinajstić information content (AvgIpc) is 3.17. The summed E-state index contributed by atoms with van der Waals surface area (Å²) in [6, 6.07) is 24.3. The Kier molecular flexibility index (Phi) is 7.29. The van der Waals surface area contributed by atoms with Gasteiger partial charge in [0, 0.05) is 0 Å². The summed E-state index contributed by atoms with van der Waals surface area (Å²) in [5.41, 5.74) is 0.710. The highest BCUT2D eigenvalue weighted by molar-refractivity contribution is 5.90. The molecule has 1 saturated heterocycles. The second-order valence-electron chi connectivity index (χ2n) is 7.46. The molecular formula is C26H21FO7. The Labute approximate surface area is 195 Å². The van der Waals surface area contributed by atoms with Gasteiger partial charge in [0.25, 0.3) is 0 Å². The monoisotopic (exact) mass is 464 g/mol. The van der Waals surface area contributed by atoms with E-state index in [0.717, 1.165) is 0 Å². The van der Waals surface area contributed by atoms with E-state index < -0.39 is 49.2 Å². The van der Waals surface area contributed by atoms with Crippen LogP contribution in [-0.4, -0.2) is 49.2 Å². The van der Waals surface area contributed by atoms with Gasteiger partial charge in [-0.3, -0.25) is 0 Å². The van der Waals surface area contributed by atoms with Crippen molar-refractivity contribution in [1.29, 1.82) is 0 Å². The first-order valence-corrected chi connectivity index (χ1v) is 10.6. The Balaban J connectivity index is 1.51. The predicted octanol–water partition coefficient (Wildman–Crippen LogP) is 3.99. The lowest BCUT2D eigenvalue weighted by Crippen LogP contribution is -2.41. The summed E-state index contributed by atoms with van der Waals surface area (Å²) >= 11 is 0. The van der Waals surface area contributed by atoms with Crippen LogP contribution in [0.25, 0.3) is 0 Å². The van der Waals surface area contributed by atoms with Crippen LogP contribution in [0.5, 0.6) is 0 Å². The molecule has 0 spiro atoms. The number of alkyl halides is 1. The van der Waals surface area contributed by atoms with Crippen LogP contribution in [0.3, 0.4) is 0 Å². The highest BCUT2D eigenvalue weighted by atomic mass is 19.1. The topological polar surface area (TPSA) is 88.1 Å². The Morgan fingerprint density at radius 3 is 1.53 bits per heavy atom. The van der Waals surface area contributed by atoms with E-state index in [0.29, 0.717) is 5.56 Å². The van der Waals surface area contributed by atoms with Crippen molar-refractivity contribution in [2.24, 2.45) is 0 Å². The van der Waals surface area contributed by atoms with Crippen LogP contribution < -0.4 is 0 Å². The number of esters is 3. The summed E-state index contributed by atoms with van der Waals surface area (Å²) < 4.78 is 36.2. The summed E-state index contributed by atoms with van der Waals surface area (Å²) in [5, 5.41) is 0. The second-order valence-corrected chi connectivity index (χ2v) is 7.46. The molecule has 4 rings (SSSR count). The zero-order valence-corrected chi connectivity index (χ0v) is 17.9. The Morgan fingerprint density at radius 2 is 1.06 bits per heavy atom. The predicted molar refractivity (Wildman–Crippen MR) is 118 cm³/mol.